The molecule has 64 valence electrons. The van der Waals surface area contributed by atoms with E-state index in [0.29, 0.717) is 0 Å². The SMILES string of the molecule is C#CP(C(C)(C)C)C(C)(C)C. The van der Waals surface area contributed by atoms with Gasteiger partial charge in [-0.15, -0.1) is 6.42 Å². The third kappa shape index (κ3) is 3.26. The summed E-state index contributed by atoms with van der Waals surface area (Å²) in [4.78, 5) is 0. The van der Waals surface area contributed by atoms with E-state index < -0.39 is 0 Å². The first-order valence-corrected chi connectivity index (χ1v) is 5.30. The second kappa shape index (κ2) is 3.16. The fraction of sp³-hybridized carbons (Fsp3) is 0.800. The topological polar surface area (TPSA) is 0 Å². The smallest absolute Gasteiger partial charge is 0.00635 e. The zero-order valence-corrected chi connectivity index (χ0v) is 9.42. The summed E-state index contributed by atoms with van der Waals surface area (Å²) in [6.07, 6.45) is 5.52. The van der Waals surface area contributed by atoms with Crippen LogP contribution in [0.1, 0.15) is 41.5 Å². The summed E-state index contributed by atoms with van der Waals surface area (Å²) in [5.41, 5.74) is 2.95. The minimum Gasteiger partial charge on any atom is -0.115 e. The van der Waals surface area contributed by atoms with Gasteiger partial charge in [0.25, 0.3) is 0 Å². The summed E-state index contributed by atoms with van der Waals surface area (Å²) in [5.74, 6) is 0. The molecule has 0 radical (unpaired) electrons. The van der Waals surface area contributed by atoms with Crippen molar-refractivity contribution in [3.05, 3.63) is 0 Å². The molecule has 0 heterocycles. The first kappa shape index (κ1) is 11.0. The Morgan fingerprint density at radius 1 is 0.909 bits per heavy atom. The van der Waals surface area contributed by atoms with E-state index in [0.717, 1.165) is 0 Å². The highest BCUT2D eigenvalue weighted by atomic mass is 31.1. The Hall–Kier alpha value is -0.0100. The number of rotatable bonds is 0. The van der Waals surface area contributed by atoms with Crippen molar-refractivity contribution in [1.29, 1.82) is 0 Å². The summed E-state index contributed by atoms with van der Waals surface area (Å²) in [6.45, 7) is 13.4. The van der Waals surface area contributed by atoms with Gasteiger partial charge in [-0.25, -0.2) is 0 Å². The van der Waals surface area contributed by atoms with Crippen molar-refractivity contribution in [1.82, 2.24) is 0 Å². The highest BCUT2D eigenvalue weighted by molar-refractivity contribution is 7.65. The Balaban J connectivity index is 4.60. The lowest BCUT2D eigenvalue weighted by Crippen LogP contribution is -2.23. The Labute approximate surface area is 72.5 Å². The van der Waals surface area contributed by atoms with Gasteiger partial charge >= 0.3 is 0 Å². The maximum absolute atomic E-state index is 5.52. The zero-order valence-electron chi connectivity index (χ0n) is 8.52. The molecular formula is C10H19P. The van der Waals surface area contributed by atoms with Crippen LogP contribution in [-0.2, 0) is 0 Å². The summed E-state index contributed by atoms with van der Waals surface area (Å²) in [6, 6.07) is 0. The summed E-state index contributed by atoms with van der Waals surface area (Å²) < 4.78 is 0. The molecule has 0 fully saturated rings. The molecule has 0 N–H and O–H groups in total. The van der Waals surface area contributed by atoms with Crippen LogP contribution in [0.25, 0.3) is 0 Å². The first-order chi connectivity index (χ1) is 4.69. The van der Waals surface area contributed by atoms with Crippen LogP contribution in [0.4, 0.5) is 0 Å². The van der Waals surface area contributed by atoms with Gasteiger partial charge in [0, 0.05) is 0 Å². The van der Waals surface area contributed by atoms with Gasteiger partial charge in [0.2, 0.25) is 0 Å². The van der Waals surface area contributed by atoms with Crippen molar-refractivity contribution in [2.24, 2.45) is 0 Å². The second-order valence-corrected chi connectivity index (χ2v) is 8.42. The van der Waals surface area contributed by atoms with E-state index in [9.17, 15) is 0 Å². The van der Waals surface area contributed by atoms with Crippen LogP contribution in [0.2, 0.25) is 0 Å². The van der Waals surface area contributed by atoms with Crippen LogP contribution < -0.4 is 0 Å². The quantitative estimate of drug-likeness (QED) is 0.384. The van der Waals surface area contributed by atoms with Crippen molar-refractivity contribution in [3.63, 3.8) is 0 Å². The first-order valence-electron chi connectivity index (χ1n) is 3.96. The Morgan fingerprint density at radius 2 is 1.18 bits per heavy atom. The molecule has 11 heavy (non-hydrogen) atoms. The molecular weight excluding hydrogens is 151 g/mol. The molecule has 0 aromatic rings. The molecule has 0 spiro atoms. The Bertz CT molecular complexity index is 147. The van der Waals surface area contributed by atoms with Gasteiger partial charge in [0.05, 0.1) is 0 Å². The predicted octanol–water partition coefficient (Wildman–Crippen LogP) is 3.66. The molecule has 0 saturated carbocycles. The van der Waals surface area contributed by atoms with Gasteiger partial charge in [0.15, 0.2) is 0 Å². The molecule has 0 atom stereocenters. The maximum Gasteiger partial charge on any atom is -0.00635 e. The van der Waals surface area contributed by atoms with Gasteiger partial charge in [-0.05, 0) is 18.2 Å². The maximum atomic E-state index is 5.52. The minimum atomic E-state index is -0.313. The molecule has 0 aliphatic rings. The lowest BCUT2D eigenvalue weighted by molar-refractivity contribution is 0.716. The van der Waals surface area contributed by atoms with E-state index in [1.54, 1.807) is 0 Å². The Kier molecular flexibility index (Phi) is 3.15. The fourth-order valence-electron chi connectivity index (χ4n) is 1.39. The van der Waals surface area contributed by atoms with E-state index in [1.807, 2.05) is 0 Å². The van der Waals surface area contributed by atoms with Crippen molar-refractivity contribution < 1.29 is 0 Å². The van der Waals surface area contributed by atoms with Crippen LogP contribution in [0.3, 0.4) is 0 Å². The summed E-state index contributed by atoms with van der Waals surface area (Å²) in [7, 11) is -0.313. The molecule has 0 rings (SSSR count). The second-order valence-electron chi connectivity index (χ2n) is 4.81. The monoisotopic (exact) mass is 170 g/mol. The van der Waals surface area contributed by atoms with Crippen LogP contribution in [0.5, 0.6) is 0 Å². The average Bonchev–Trinajstić information content (AvgIpc) is 1.56. The predicted molar refractivity (Wildman–Crippen MR) is 55.3 cm³/mol. The van der Waals surface area contributed by atoms with Crippen molar-refractivity contribution in [2.45, 2.75) is 51.9 Å². The highest BCUT2D eigenvalue weighted by Gasteiger charge is 2.32. The number of hydrogen-bond acceptors (Lipinski definition) is 0. The molecule has 0 bridgehead atoms. The van der Waals surface area contributed by atoms with Crippen molar-refractivity contribution >= 4 is 7.92 Å². The molecule has 0 aromatic heterocycles. The van der Waals surface area contributed by atoms with Gasteiger partial charge < -0.3 is 0 Å². The number of terminal acetylenes is 1. The highest BCUT2D eigenvalue weighted by Crippen LogP contribution is 2.58. The molecule has 0 saturated heterocycles. The van der Waals surface area contributed by atoms with E-state index in [-0.39, 0.29) is 18.2 Å². The van der Waals surface area contributed by atoms with Crippen molar-refractivity contribution in [2.75, 3.05) is 0 Å². The standard InChI is InChI=1S/C10H19P/c1-8-11(9(2,3)4)10(5,6)7/h1H,2-7H3. The van der Waals surface area contributed by atoms with E-state index in [4.69, 9.17) is 6.42 Å². The molecule has 1 heteroatoms. The normalized spacial score (nSPS) is 13.3. The molecule has 0 amide bonds. The summed E-state index contributed by atoms with van der Waals surface area (Å²) >= 11 is 0. The molecule has 0 aliphatic carbocycles. The van der Waals surface area contributed by atoms with Crippen molar-refractivity contribution in [3.8, 4) is 12.1 Å². The minimum absolute atomic E-state index is 0.280. The van der Waals surface area contributed by atoms with Crippen LogP contribution >= 0.6 is 7.92 Å². The fourth-order valence-corrected chi connectivity index (χ4v) is 4.18. The van der Waals surface area contributed by atoms with E-state index >= 15 is 0 Å². The summed E-state index contributed by atoms with van der Waals surface area (Å²) in [5, 5.41) is 0.560. The lowest BCUT2D eigenvalue weighted by atomic mass is 10.2. The van der Waals surface area contributed by atoms with Gasteiger partial charge in [-0.1, -0.05) is 47.2 Å². The molecule has 0 aromatic carbocycles. The lowest BCUT2D eigenvalue weighted by Gasteiger charge is -2.36. The average molecular weight is 170 g/mol. The Morgan fingerprint density at radius 3 is 1.18 bits per heavy atom. The largest absolute Gasteiger partial charge is 0.115 e. The third-order valence-electron chi connectivity index (χ3n) is 1.47. The van der Waals surface area contributed by atoms with E-state index in [2.05, 4.69) is 47.2 Å². The van der Waals surface area contributed by atoms with Crippen LogP contribution in [0, 0.1) is 12.1 Å². The van der Waals surface area contributed by atoms with Gasteiger partial charge in [0.1, 0.15) is 0 Å². The molecule has 0 nitrogen and oxygen atoms in total. The number of hydrogen-bond donors (Lipinski definition) is 0. The third-order valence-corrected chi connectivity index (χ3v) is 4.41. The molecule has 0 aliphatic heterocycles. The van der Waals surface area contributed by atoms with Gasteiger partial charge in [-0.3, -0.25) is 0 Å². The van der Waals surface area contributed by atoms with Gasteiger partial charge in [-0.2, -0.15) is 0 Å². The van der Waals surface area contributed by atoms with Crippen LogP contribution in [-0.4, -0.2) is 10.3 Å². The van der Waals surface area contributed by atoms with Crippen LogP contribution in [0.15, 0.2) is 0 Å². The van der Waals surface area contributed by atoms with E-state index in [1.165, 1.54) is 0 Å². The molecule has 0 unspecified atom stereocenters. The zero-order chi connectivity index (χ0) is 9.28.